The molecule has 0 saturated heterocycles. The van der Waals surface area contributed by atoms with Crippen molar-refractivity contribution in [1.82, 2.24) is 4.90 Å². The minimum atomic E-state index is 0.621. The predicted octanol–water partition coefficient (Wildman–Crippen LogP) is 4.81. The summed E-state index contributed by atoms with van der Waals surface area (Å²) in [5.41, 5.74) is 5.69. The zero-order valence-electron chi connectivity index (χ0n) is 16.5. The molecule has 1 N–H and O–H groups in total. The molecular formula is C23H30N2OS. The van der Waals surface area contributed by atoms with E-state index in [0.717, 1.165) is 38.2 Å². The van der Waals surface area contributed by atoms with E-state index in [1.807, 2.05) is 11.8 Å². The molecule has 2 aromatic rings. The van der Waals surface area contributed by atoms with E-state index in [1.165, 1.54) is 45.9 Å². The molecule has 144 valence electrons. The Morgan fingerprint density at radius 2 is 2.19 bits per heavy atom. The second kappa shape index (κ2) is 8.57. The molecule has 1 atom stereocenters. The largest absolute Gasteiger partial charge is 0.496 e. The third-order valence-corrected chi connectivity index (χ3v) is 6.92. The summed E-state index contributed by atoms with van der Waals surface area (Å²) in [6.45, 7) is 3.30. The molecule has 0 aromatic heterocycles. The SMILES string of the molecule is COc1cccc2c1CCCC2CN(C)CCc1ccc2c(c1)NCCS2. The molecule has 0 saturated carbocycles. The number of nitrogens with one attached hydrogen (secondary N) is 1. The molecule has 1 heterocycles. The van der Waals surface area contributed by atoms with Crippen molar-refractivity contribution in [1.29, 1.82) is 0 Å². The number of rotatable bonds is 6. The summed E-state index contributed by atoms with van der Waals surface area (Å²) in [6.07, 6.45) is 4.80. The van der Waals surface area contributed by atoms with Crippen molar-refractivity contribution in [3.63, 3.8) is 0 Å². The number of fused-ring (bicyclic) bond motifs is 2. The van der Waals surface area contributed by atoms with Crippen LogP contribution in [0.1, 0.15) is 35.4 Å². The van der Waals surface area contributed by atoms with Crippen LogP contribution in [0.25, 0.3) is 0 Å². The molecule has 1 aliphatic heterocycles. The number of anilines is 1. The van der Waals surface area contributed by atoms with E-state index >= 15 is 0 Å². The lowest BCUT2D eigenvalue weighted by Gasteiger charge is -2.30. The molecule has 1 unspecified atom stereocenters. The minimum absolute atomic E-state index is 0.621. The summed E-state index contributed by atoms with van der Waals surface area (Å²) in [5.74, 6) is 2.86. The summed E-state index contributed by atoms with van der Waals surface area (Å²) < 4.78 is 5.60. The van der Waals surface area contributed by atoms with Gasteiger partial charge in [-0.3, -0.25) is 0 Å². The van der Waals surface area contributed by atoms with Crippen molar-refractivity contribution in [3.8, 4) is 5.75 Å². The fourth-order valence-electron chi connectivity index (χ4n) is 4.43. The van der Waals surface area contributed by atoms with E-state index in [-0.39, 0.29) is 0 Å². The number of hydrogen-bond donors (Lipinski definition) is 1. The summed E-state index contributed by atoms with van der Waals surface area (Å²) in [5, 5.41) is 3.53. The van der Waals surface area contributed by atoms with E-state index in [0.29, 0.717) is 5.92 Å². The van der Waals surface area contributed by atoms with Gasteiger partial charge in [-0.15, -0.1) is 11.8 Å². The maximum absolute atomic E-state index is 5.60. The fraction of sp³-hybridized carbons (Fsp3) is 0.478. The molecule has 1 aliphatic carbocycles. The Balaban J connectivity index is 1.37. The second-order valence-electron chi connectivity index (χ2n) is 7.74. The first-order chi connectivity index (χ1) is 13.2. The van der Waals surface area contributed by atoms with E-state index in [4.69, 9.17) is 4.74 Å². The molecule has 2 aliphatic rings. The molecule has 27 heavy (non-hydrogen) atoms. The fourth-order valence-corrected chi connectivity index (χ4v) is 5.30. The normalized spacial score (nSPS) is 18.6. The second-order valence-corrected chi connectivity index (χ2v) is 8.87. The molecule has 4 rings (SSSR count). The summed E-state index contributed by atoms with van der Waals surface area (Å²) >= 11 is 1.96. The van der Waals surface area contributed by atoms with Crippen LogP contribution in [-0.2, 0) is 12.8 Å². The number of methoxy groups -OCH3 is 1. The molecule has 4 heteroatoms. The molecule has 2 aromatic carbocycles. The van der Waals surface area contributed by atoms with Gasteiger partial charge in [-0.25, -0.2) is 0 Å². The van der Waals surface area contributed by atoms with Gasteiger partial charge in [0.2, 0.25) is 0 Å². The average molecular weight is 383 g/mol. The number of benzene rings is 2. The number of thioether (sulfide) groups is 1. The first kappa shape index (κ1) is 18.7. The van der Waals surface area contributed by atoms with Crippen molar-refractivity contribution < 1.29 is 4.74 Å². The predicted molar refractivity (Wildman–Crippen MR) is 116 cm³/mol. The molecule has 3 nitrogen and oxygen atoms in total. The molecule has 0 radical (unpaired) electrons. The van der Waals surface area contributed by atoms with Crippen molar-refractivity contribution in [2.24, 2.45) is 0 Å². The highest BCUT2D eigenvalue weighted by Gasteiger charge is 2.23. The summed E-state index contributed by atoms with van der Waals surface area (Å²) in [4.78, 5) is 3.90. The number of hydrogen-bond acceptors (Lipinski definition) is 4. The third kappa shape index (κ3) is 4.27. The van der Waals surface area contributed by atoms with Crippen LogP contribution < -0.4 is 10.1 Å². The van der Waals surface area contributed by atoms with Crippen LogP contribution in [0.3, 0.4) is 0 Å². The van der Waals surface area contributed by atoms with Crippen LogP contribution in [0, 0.1) is 0 Å². The van der Waals surface area contributed by atoms with Crippen LogP contribution in [0.4, 0.5) is 5.69 Å². The topological polar surface area (TPSA) is 24.5 Å². The van der Waals surface area contributed by atoms with Crippen LogP contribution in [0.5, 0.6) is 5.75 Å². The first-order valence-corrected chi connectivity index (χ1v) is 11.1. The van der Waals surface area contributed by atoms with Crippen molar-refractivity contribution in [2.75, 3.05) is 44.9 Å². The number of nitrogens with zero attached hydrogens (tertiary/aromatic N) is 1. The highest BCUT2D eigenvalue weighted by atomic mass is 32.2. The molecule has 0 bridgehead atoms. The number of likely N-dealkylation sites (N-methyl/N-ethyl adjacent to an activating group) is 1. The molecule has 0 amide bonds. The lowest BCUT2D eigenvalue weighted by Crippen LogP contribution is -2.28. The van der Waals surface area contributed by atoms with Gasteiger partial charge < -0.3 is 15.0 Å². The summed E-state index contributed by atoms with van der Waals surface area (Å²) in [6, 6.07) is 13.5. The Bertz CT molecular complexity index is 792. The first-order valence-electron chi connectivity index (χ1n) is 10.1. The lowest BCUT2D eigenvalue weighted by atomic mass is 9.82. The average Bonchev–Trinajstić information content (AvgIpc) is 2.72. The van der Waals surface area contributed by atoms with Gasteiger partial charge in [-0.1, -0.05) is 18.2 Å². The van der Waals surface area contributed by atoms with Gasteiger partial charge in [0, 0.05) is 36.0 Å². The Morgan fingerprint density at radius 1 is 1.26 bits per heavy atom. The monoisotopic (exact) mass is 382 g/mol. The van der Waals surface area contributed by atoms with Crippen molar-refractivity contribution >= 4 is 17.4 Å². The molecular weight excluding hydrogens is 352 g/mol. The van der Waals surface area contributed by atoms with Crippen LogP contribution in [-0.4, -0.2) is 44.4 Å². The molecule has 0 spiro atoms. The van der Waals surface area contributed by atoms with Crippen LogP contribution >= 0.6 is 11.8 Å². The van der Waals surface area contributed by atoms with Crippen LogP contribution in [0.15, 0.2) is 41.3 Å². The summed E-state index contributed by atoms with van der Waals surface area (Å²) in [7, 11) is 4.05. The quantitative estimate of drug-likeness (QED) is 0.775. The Morgan fingerprint density at radius 3 is 3.07 bits per heavy atom. The highest BCUT2D eigenvalue weighted by Crippen LogP contribution is 2.37. The zero-order valence-corrected chi connectivity index (χ0v) is 17.3. The Labute approximate surface area is 167 Å². The van der Waals surface area contributed by atoms with Crippen molar-refractivity contribution in [2.45, 2.75) is 36.5 Å². The van der Waals surface area contributed by atoms with Crippen LogP contribution in [0.2, 0.25) is 0 Å². The van der Waals surface area contributed by atoms with Gasteiger partial charge in [-0.05, 0) is 73.5 Å². The van der Waals surface area contributed by atoms with Crippen molar-refractivity contribution in [3.05, 3.63) is 53.1 Å². The van der Waals surface area contributed by atoms with Gasteiger partial charge in [0.1, 0.15) is 5.75 Å². The smallest absolute Gasteiger partial charge is 0.122 e. The van der Waals surface area contributed by atoms with Gasteiger partial charge >= 0.3 is 0 Å². The molecule has 0 fully saturated rings. The van der Waals surface area contributed by atoms with Gasteiger partial charge in [-0.2, -0.15) is 0 Å². The zero-order chi connectivity index (χ0) is 18.6. The standard InChI is InChI=1S/C23H30N2OS/c1-25(13-11-17-9-10-23-21(15-17)24-12-14-27-23)16-18-5-3-7-20-19(18)6-4-8-22(20)26-2/h4,6,8-10,15,18,24H,3,5,7,11-14,16H2,1-2H3. The van der Waals surface area contributed by atoms with E-state index < -0.39 is 0 Å². The van der Waals surface area contributed by atoms with E-state index in [1.54, 1.807) is 7.11 Å². The van der Waals surface area contributed by atoms with Gasteiger partial charge in [0.25, 0.3) is 0 Å². The third-order valence-electron chi connectivity index (χ3n) is 5.84. The van der Waals surface area contributed by atoms with Gasteiger partial charge in [0.15, 0.2) is 0 Å². The Kier molecular flexibility index (Phi) is 5.94. The van der Waals surface area contributed by atoms with E-state index in [2.05, 4.69) is 53.7 Å². The van der Waals surface area contributed by atoms with E-state index in [9.17, 15) is 0 Å². The minimum Gasteiger partial charge on any atom is -0.496 e. The maximum atomic E-state index is 5.60. The highest BCUT2D eigenvalue weighted by molar-refractivity contribution is 7.99. The van der Waals surface area contributed by atoms with Gasteiger partial charge in [0.05, 0.1) is 7.11 Å². The Hall–Kier alpha value is -1.65. The number of ether oxygens (including phenoxy) is 1. The lowest BCUT2D eigenvalue weighted by molar-refractivity contribution is 0.299. The maximum Gasteiger partial charge on any atom is 0.122 e.